The van der Waals surface area contributed by atoms with E-state index in [1.165, 1.54) is 5.39 Å². The Morgan fingerprint density at radius 1 is 0.816 bits per heavy atom. The molecular weight excluding hydrogens is 476 g/mol. The van der Waals surface area contributed by atoms with E-state index in [0.717, 1.165) is 73.3 Å². The van der Waals surface area contributed by atoms with Crippen LogP contribution in [0, 0.1) is 0 Å². The molecule has 0 amide bonds. The van der Waals surface area contributed by atoms with Gasteiger partial charge in [0, 0.05) is 10.1 Å². The van der Waals surface area contributed by atoms with Gasteiger partial charge in [0.2, 0.25) is 5.52 Å². The largest absolute Gasteiger partial charge is 0.446 e. The van der Waals surface area contributed by atoms with Crippen LogP contribution in [0.1, 0.15) is 0 Å². The summed E-state index contributed by atoms with van der Waals surface area (Å²) in [6.07, 6.45) is 3.99. The standard InChI is InChI=1S/C30H17N6O2/c1-32-19-10-2-3-11-20(19)35-29(32)18-8-5-13-22-26(18)36(35)27-25-23(15-31-28(27)38-22)37-21-12-4-7-16-17-9-6-14-33(36)30(17)34(25)24(16)21/h2-15H,1H3/q+3. The summed E-state index contributed by atoms with van der Waals surface area (Å²) in [6, 6.07) is 25.6. The maximum absolute atomic E-state index is 6.61. The number of nitrogens with zero attached hydrogens (tertiary/aromatic N) is 6. The predicted octanol–water partition coefficient (Wildman–Crippen LogP) is 5.32. The predicted molar refractivity (Wildman–Crippen MR) is 140 cm³/mol. The molecule has 8 heteroatoms. The maximum atomic E-state index is 6.61. The van der Waals surface area contributed by atoms with E-state index >= 15 is 0 Å². The quantitative estimate of drug-likeness (QED) is 0.212. The van der Waals surface area contributed by atoms with Crippen molar-refractivity contribution in [2.24, 2.45) is 7.05 Å². The van der Waals surface area contributed by atoms with E-state index in [9.17, 15) is 0 Å². The molecule has 1 unspecified atom stereocenters. The normalized spacial score (nSPS) is 18.1. The second-order valence-corrected chi connectivity index (χ2v) is 10.3. The number of quaternary nitrogens is 1. The summed E-state index contributed by atoms with van der Waals surface area (Å²) in [7, 11) is 2.15. The third-order valence-electron chi connectivity index (χ3n) is 8.74. The molecule has 0 saturated carbocycles. The van der Waals surface area contributed by atoms with Crippen molar-refractivity contribution < 1.29 is 18.8 Å². The number of aromatic nitrogens is 5. The molecule has 0 bridgehead atoms. The smallest absolute Gasteiger partial charge is 0.352 e. The summed E-state index contributed by atoms with van der Waals surface area (Å²) >= 11 is 0. The van der Waals surface area contributed by atoms with E-state index in [1.54, 1.807) is 6.20 Å². The van der Waals surface area contributed by atoms with Gasteiger partial charge in [-0.25, -0.2) is 9.55 Å². The van der Waals surface area contributed by atoms with Crippen molar-refractivity contribution in [1.82, 2.24) is 18.8 Å². The molecule has 8 heterocycles. The first kappa shape index (κ1) is 18.1. The molecule has 11 rings (SSSR count). The highest BCUT2D eigenvalue weighted by molar-refractivity contribution is 6.11. The first-order chi connectivity index (χ1) is 18.8. The third kappa shape index (κ3) is 1.55. The van der Waals surface area contributed by atoms with Gasteiger partial charge in [0.15, 0.2) is 34.5 Å². The Hall–Kier alpha value is -5.21. The van der Waals surface area contributed by atoms with E-state index in [-0.39, 0.29) is 4.70 Å². The highest BCUT2D eigenvalue weighted by Crippen LogP contribution is 2.62. The van der Waals surface area contributed by atoms with Crippen LogP contribution in [-0.4, -0.2) is 14.1 Å². The van der Waals surface area contributed by atoms with Gasteiger partial charge in [0.1, 0.15) is 5.56 Å². The molecule has 3 aromatic carbocycles. The maximum Gasteiger partial charge on any atom is 0.352 e. The van der Waals surface area contributed by atoms with Crippen molar-refractivity contribution in [1.29, 1.82) is 0 Å². The van der Waals surface area contributed by atoms with E-state index in [4.69, 9.17) is 14.5 Å². The van der Waals surface area contributed by atoms with Gasteiger partial charge in [-0.15, -0.1) is 0 Å². The van der Waals surface area contributed by atoms with Crippen LogP contribution in [0.25, 0.3) is 50.0 Å². The molecule has 1 spiro atoms. The average molecular weight is 494 g/mol. The minimum atomic E-state index is 0.278. The molecule has 38 heavy (non-hydrogen) atoms. The summed E-state index contributed by atoms with van der Waals surface area (Å²) < 4.78 is 22.9. The third-order valence-corrected chi connectivity index (χ3v) is 8.74. The number of hydrogen-bond donors (Lipinski definition) is 0. The number of rotatable bonds is 0. The number of ether oxygens (including phenoxy) is 2. The number of benzene rings is 3. The van der Waals surface area contributed by atoms with Crippen LogP contribution in [0.4, 0.5) is 11.4 Å². The number of para-hydroxylation sites is 4. The van der Waals surface area contributed by atoms with Crippen molar-refractivity contribution in [2.75, 3.05) is 0 Å². The van der Waals surface area contributed by atoms with Crippen LogP contribution >= 0.6 is 0 Å². The molecule has 4 aliphatic heterocycles. The summed E-state index contributed by atoms with van der Waals surface area (Å²) in [4.78, 5) is 4.86. The van der Waals surface area contributed by atoms with Gasteiger partial charge >= 0.3 is 17.2 Å². The molecule has 1 atom stereocenters. The first-order valence-electron chi connectivity index (χ1n) is 12.7. The fourth-order valence-corrected chi connectivity index (χ4v) is 7.47. The molecule has 7 aromatic rings. The Labute approximate surface area is 214 Å². The molecule has 176 valence electrons. The second-order valence-electron chi connectivity index (χ2n) is 10.3. The molecule has 0 saturated heterocycles. The molecule has 8 nitrogen and oxygen atoms in total. The van der Waals surface area contributed by atoms with E-state index < -0.39 is 0 Å². The molecule has 4 aromatic heterocycles. The van der Waals surface area contributed by atoms with Crippen LogP contribution < -0.4 is 23.5 Å². The SMILES string of the molecule is Cn1c2[n+](c3ccccc31)[N+]13c4c(cccc4-2)Oc2ncc4c(c21)-n1c2c(cccc2c2ccc[n+]3c21)O4. The lowest BCUT2D eigenvalue weighted by Crippen LogP contribution is -2.84. The van der Waals surface area contributed by atoms with Gasteiger partial charge in [-0.1, -0.05) is 24.3 Å². The summed E-state index contributed by atoms with van der Waals surface area (Å²) in [6.45, 7) is 0. The Bertz CT molecular complexity index is 2330. The average Bonchev–Trinajstić information content (AvgIpc) is 3.57. The van der Waals surface area contributed by atoms with Crippen molar-refractivity contribution >= 4 is 44.3 Å². The van der Waals surface area contributed by atoms with Gasteiger partial charge in [-0.3, -0.25) is 0 Å². The Balaban J connectivity index is 1.52. The topological polar surface area (TPSA) is 49.0 Å². The van der Waals surface area contributed by atoms with Gasteiger partial charge in [-0.05, 0) is 53.2 Å². The first-order valence-corrected chi connectivity index (χ1v) is 12.7. The van der Waals surface area contributed by atoms with Crippen molar-refractivity contribution in [3.05, 3.63) is 85.2 Å². The lowest BCUT2D eigenvalue weighted by atomic mass is 10.1. The van der Waals surface area contributed by atoms with Crippen molar-refractivity contribution in [3.8, 4) is 40.2 Å². The number of pyridine rings is 2. The second kappa shape index (κ2) is 5.39. The Kier molecular flexibility index (Phi) is 2.57. The number of aryl methyl sites for hydroxylation is 1. The highest BCUT2D eigenvalue weighted by atomic mass is 16.5. The molecule has 4 aliphatic rings. The summed E-state index contributed by atoms with van der Waals surface area (Å²) in [5.74, 6) is 4.07. The Morgan fingerprint density at radius 3 is 2.66 bits per heavy atom. The molecule has 0 aliphatic carbocycles. The fraction of sp³-hybridized carbons (Fsp3) is 0.0333. The summed E-state index contributed by atoms with van der Waals surface area (Å²) in [5, 5.41) is 2.34. The molecular formula is C30H17N6O2+3. The monoisotopic (exact) mass is 493 g/mol. The lowest BCUT2D eigenvalue weighted by molar-refractivity contribution is -1.01. The van der Waals surface area contributed by atoms with Crippen LogP contribution in [0.2, 0.25) is 0 Å². The number of imidazole rings is 1. The van der Waals surface area contributed by atoms with Crippen LogP contribution in [-0.2, 0) is 7.05 Å². The highest BCUT2D eigenvalue weighted by Gasteiger charge is 2.70. The van der Waals surface area contributed by atoms with Crippen LogP contribution in [0.5, 0.6) is 23.1 Å². The number of hydrogen-bond acceptors (Lipinski definition) is 3. The lowest BCUT2D eigenvalue weighted by Gasteiger charge is -2.34. The zero-order valence-corrected chi connectivity index (χ0v) is 20.1. The van der Waals surface area contributed by atoms with Gasteiger partial charge < -0.3 is 9.47 Å². The zero-order valence-electron chi connectivity index (χ0n) is 20.1. The van der Waals surface area contributed by atoms with E-state index in [0.29, 0.717) is 5.88 Å². The zero-order chi connectivity index (χ0) is 24.5. The minimum absolute atomic E-state index is 0.278. The molecule has 0 N–H and O–H groups in total. The van der Waals surface area contributed by atoms with Gasteiger partial charge in [0.05, 0.1) is 23.3 Å². The van der Waals surface area contributed by atoms with Crippen molar-refractivity contribution in [3.63, 3.8) is 0 Å². The summed E-state index contributed by atoms with van der Waals surface area (Å²) in [5.41, 5.74) is 8.61. The molecule has 0 fully saturated rings. The van der Waals surface area contributed by atoms with Crippen molar-refractivity contribution in [2.45, 2.75) is 0 Å². The Morgan fingerprint density at radius 2 is 1.68 bits per heavy atom. The number of fused-ring (bicyclic) bond motifs is 5. The minimum Gasteiger partial charge on any atom is -0.446 e. The molecule has 0 radical (unpaired) electrons. The van der Waals surface area contributed by atoms with Gasteiger partial charge in [-0.2, -0.15) is 4.57 Å². The van der Waals surface area contributed by atoms with E-state index in [2.05, 4.69) is 98.5 Å². The van der Waals surface area contributed by atoms with Crippen LogP contribution in [0.15, 0.2) is 85.2 Å². The van der Waals surface area contributed by atoms with Gasteiger partial charge in [0.25, 0.3) is 17.3 Å². The van der Waals surface area contributed by atoms with Crippen LogP contribution in [0.3, 0.4) is 0 Å². The van der Waals surface area contributed by atoms with E-state index in [1.807, 2.05) is 6.07 Å². The fourth-order valence-electron chi connectivity index (χ4n) is 7.47.